The molecule has 1 aliphatic carbocycles. The molecule has 2 aliphatic rings. The van der Waals surface area contributed by atoms with Gasteiger partial charge in [-0.25, -0.2) is 5.84 Å². The smallest absolute Gasteiger partial charge is 0.271 e. The van der Waals surface area contributed by atoms with Crippen LogP contribution < -0.4 is 11.2 Å². The fourth-order valence-electron chi connectivity index (χ4n) is 2.74. The van der Waals surface area contributed by atoms with Crippen molar-refractivity contribution in [1.29, 1.82) is 0 Å². The molecule has 1 aromatic rings. The molecule has 3 N–H and O–H groups in total. The Labute approximate surface area is 106 Å². The molecule has 18 heavy (non-hydrogen) atoms. The summed E-state index contributed by atoms with van der Waals surface area (Å²) in [7, 11) is 0. The molecule has 0 saturated heterocycles. The first kappa shape index (κ1) is 11.3. The van der Waals surface area contributed by atoms with Crippen LogP contribution in [0.1, 0.15) is 29.6 Å². The van der Waals surface area contributed by atoms with Crippen LogP contribution in [0.5, 0.6) is 0 Å². The number of nitrogens with two attached hydrogens (primary N) is 1. The van der Waals surface area contributed by atoms with Crippen molar-refractivity contribution >= 4 is 11.6 Å². The summed E-state index contributed by atoms with van der Waals surface area (Å²) >= 11 is 0. The van der Waals surface area contributed by atoms with Gasteiger partial charge in [0, 0.05) is 11.6 Å². The highest BCUT2D eigenvalue weighted by Gasteiger charge is 2.34. The van der Waals surface area contributed by atoms with Gasteiger partial charge in [-0.2, -0.15) is 0 Å². The zero-order valence-electron chi connectivity index (χ0n) is 10.2. The Morgan fingerprint density at radius 3 is 2.89 bits per heavy atom. The van der Waals surface area contributed by atoms with Crippen LogP contribution in [-0.4, -0.2) is 17.1 Å². The summed E-state index contributed by atoms with van der Waals surface area (Å²) in [4.78, 5) is 12.2. The number of hydrogen-bond acceptors (Lipinski definition) is 3. The first-order valence-corrected chi connectivity index (χ1v) is 6.36. The van der Waals surface area contributed by atoms with Crippen molar-refractivity contribution in [3.05, 3.63) is 42.0 Å². The molecule has 4 nitrogen and oxygen atoms in total. The van der Waals surface area contributed by atoms with Crippen molar-refractivity contribution in [3.63, 3.8) is 0 Å². The Morgan fingerprint density at radius 1 is 1.28 bits per heavy atom. The number of hydrazine groups is 1. The van der Waals surface area contributed by atoms with E-state index in [4.69, 9.17) is 5.84 Å². The molecule has 0 unspecified atom stereocenters. The molecule has 1 aliphatic heterocycles. The molecule has 0 fully saturated rings. The minimum atomic E-state index is -0.0997. The second kappa shape index (κ2) is 4.46. The van der Waals surface area contributed by atoms with Crippen molar-refractivity contribution in [2.45, 2.75) is 25.4 Å². The van der Waals surface area contributed by atoms with Gasteiger partial charge in [-0.15, -0.1) is 0 Å². The quantitative estimate of drug-likeness (QED) is 0.451. The Kier molecular flexibility index (Phi) is 2.80. The maximum absolute atomic E-state index is 12.2. The molecule has 3 rings (SSSR count). The van der Waals surface area contributed by atoms with Crippen molar-refractivity contribution < 1.29 is 4.79 Å². The van der Waals surface area contributed by atoms with Gasteiger partial charge in [0.15, 0.2) is 0 Å². The first-order valence-electron chi connectivity index (χ1n) is 6.36. The lowest BCUT2D eigenvalue weighted by Gasteiger charge is -2.39. The summed E-state index contributed by atoms with van der Waals surface area (Å²) in [6.07, 6.45) is 7.37. The van der Waals surface area contributed by atoms with Crippen LogP contribution >= 0.6 is 0 Å². The zero-order valence-corrected chi connectivity index (χ0v) is 10.2. The summed E-state index contributed by atoms with van der Waals surface area (Å²) in [5, 5.41) is 4.75. The van der Waals surface area contributed by atoms with Crippen molar-refractivity contribution in [1.82, 2.24) is 5.01 Å². The highest BCUT2D eigenvalue weighted by molar-refractivity contribution is 6.01. The number of rotatable bonds is 1. The number of para-hydroxylation sites is 1. The number of allylic oxidation sites excluding steroid dienone is 2. The standard InChI is InChI=1S/C14H17N3O/c15-17-13(10-6-2-1-3-7-10)16-12-9-5-4-8-11(12)14(17)18/h1-2,4-5,8-10,13,16H,3,6-7,15H2/t10-,13+/m1/s1. The number of carbonyl (C=O) groups is 1. The second-order valence-electron chi connectivity index (χ2n) is 4.89. The minimum Gasteiger partial charge on any atom is -0.363 e. The second-order valence-corrected chi connectivity index (χ2v) is 4.89. The SMILES string of the molecule is NN1C(=O)c2ccccc2N[C@@H]1[C@@H]1CC=CCC1. The fourth-order valence-corrected chi connectivity index (χ4v) is 2.74. The normalized spacial score (nSPS) is 26.7. The monoisotopic (exact) mass is 243 g/mol. The topological polar surface area (TPSA) is 58.4 Å². The van der Waals surface area contributed by atoms with Crippen LogP contribution in [0.2, 0.25) is 0 Å². The van der Waals surface area contributed by atoms with E-state index in [1.165, 1.54) is 5.01 Å². The summed E-state index contributed by atoms with van der Waals surface area (Å²) in [5.41, 5.74) is 1.55. The maximum Gasteiger partial charge on any atom is 0.271 e. The lowest BCUT2D eigenvalue weighted by atomic mass is 9.89. The van der Waals surface area contributed by atoms with E-state index in [9.17, 15) is 4.79 Å². The molecule has 4 heteroatoms. The third-order valence-corrected chi connectivity index (χ3v) is 3.75. The van der Waals surface area contributed by atoms with Crippen molar-refractivity contribution in [2.24, 2.45) is 11.8 Å². The van der Waals surface area contributed by atoms with Crippen molar-refractivity contribution in [2.75, 3.05) is 5.32 Å². The average Bonchev–Trinajstić information content (AvgIpc) is 2.44. The summed E-state index contributed by atoms with van der Waals surface area (Å²) in [6, 6.07) is 7.53. The number of anilines is 1. The zero-order chi connectivity index (χ0) is 12.5. The highest BCUT2D eigenvalue weighted by atomic mass is 16.2. The van der Waals surface area contributed by atoms with Crippen LogP contribution in [0.3, 0.4) is 0 Å². The molecular formula is C14H17N3O. The van der Waals surface area contributed by atoms with Crippen LogP contribution in [0.15, 0.2) is 36.4 Å². The van der Waals surface area contributed by atoms with Crippen LogP contribution in [0.25, 0.3) is 0 Å². The third kappa shape index (κ3) is 1.78. The average molecular weight is 243 g/mol. The number of benzene rings is 1. The van der Waals surface area contributed by atoms with E-state index in [-0.39, 0.29) is 12.1 Å². The number of amides is 1. The Balaban J connectivity index is 1.90. The Hall–Kier alpha value is -1.81. The molecule has 0 radical (unpaired) electrons. The van der Waals surface area contributed by atoms with E-state index in [1.807, 2.05) is 24.3 Å². The van der Waals surface area contributed by atoms with E-state index in [0.29, 0.717) is 11.5 Å². The molecule has 1 aromatic carbocycles. The van der Waals surface area contributed by atoms with Crippen LogP contribution in [-0.2, 0) is 0 Å². The minimum absolute atomic E-state index is 0.0936. The number of nitrogens with zero attached hydrogens (tertiary/aromatic N) is 1. The van der Waals surface area contributed by atoms with Gasteiger partial charge >= 0.3 is 0 Å². The Morgan fingerprint density at radius 2 is 2.11 bits per heavy atom. The lowest BCUT2D eigenvalue weighted by Crippen LogP contribution is -2.56. The molecule has 0 bridgehead atoms. The third-order valence-electron chi connectivity index (χ3n) is 3.75. The summed E-state index contributed by atoms with van der Waals surface area (Å²) < 4.78 is 0. The van der Waals surface area contributed by atoms with E-state index in [0.717, 1.165) is 24.9 Å². The molecular weight excluding hydrogens is 226 g/mol. The highest BCUT2D eigenvalue weighted by Crippen LogP contribution is 2.31. The van der Waals surface area contributed by atoms with Crippen molar-refractivity contribution in [3.8, 4) is 0 Å². The number of hydrogen-bond donors (Lipinski definition) is 2. The molecule has 2 atom stereocenters. The first-order chi connectivity index (χ1) is 8.77. The van der Waals surface area contributed by atoms with Gasteiger partial charge in [-0.1, -0.05) is 24.3 Å². The number of fused-ring (bicyclic) bond motifs is 1. The molecule has 94 valence electrons. The predicted octanol–water partition coefficient (Wildman–Crippen LogP) is 2.11. The van der Waals surface area contributed by atoms with Gasteiger partial charge in [0.25, 0.3) is 5.91 Å². The largest absolute Gasteiger partial charge is 0.363 e. The molecule has 0 spiro atoms. The Bertz CT molecular complexity index is 498. The van der Waals surface area contributed by atoms with E-state index < -0.39 is 0 Å². The molecule has 0 aromatic heterocycles. The van der Waals surface area contributed by atoms with E-state index in [2.05, 4.69) is 17.5 Å². The van der Waals surface area contributed by atoms with E-state index >= 15 is 0 Å². The van der Waals surface area contributed by atoms with E-state index in [1.54, 1.807) is 0 Å². The summed E-state index contributed by atoms with van der Waals surface area (Å²) in [6.45, 7) is 0. The molecule has 1 amide bonds. The van der Waals surface area contributed by atoms with Gasteiger partial charge in [-0.3, -0.25) is 9.80 Å². The lowest BCUT2D eigenvalue weighted by molar-refractivity contribution is 0.0613. The van der Waals surface area contributed by atoms with Crippen LogP contribution in [0.4, 0.5) is 5.69 Å². The molecule has 1 heterocycles. The van der Waals surface area contributed by atoms with Gasteiger partial charge in [0.05, 0.1) is 5.56 Å². The summed E-state index contributed by atoms with van der Waals surface area (Å²) in [5.74, 6) is 6.26. The predicted molar refractivity (Wildman–Crippen MR) is 70.7 cm³/mol. The number of carbonyl (C=O) groups excluding carboxylic acids is 1. The van der Waals surface area contributed by atoms with Gasteiger partial charge < -0.3 is 5.32 Å². The molecule has 0 saturated carbocycles. The van der Waals surface area contributed by atoms with Gasteiger partial charge in [0.1, 0.15) is 6.17 Å². The fraction of sp³-hybridized carbons (Fsp3) is 0.357. The van der Waals surface area contributed by atoms with Gasteiger partial charge in [0.2, 0.25) is 0 Å². The van der Waals surface area contributed by atoms with Crippen LogP contribution in [0, 0.1) is 5.92 Å². The van der Waals surface area contributed by atoms with Gasteiger partial charge in [-0.05, 0) is 31.4 Å². The maximum atomic E-state index is 12.2. The number of nitrogens with one attached hydrogen (secondary N) is 1.